The monoisotopic (exact) mass is 387 g/mol. The summed E-state index contributed by atoms with van der Waals surface area (Å²) in [5.41, 5.74) is 3.87. The van der Waals surface area contributed by atoms with Gasteiger partial charge in [0.15, 0.2) is 5.82 Å². The number of hydrogen-bond acceptors (Lipinski definition) is 3. The zero-order chi connectivity index (χ0) is 14.2. The lowest BCUT2D eigenvalue weighted by atomic mass is 10.1. The molecule has 19 heavy (non-hydrogen) atoms. The van der Waals surface area contributed by atoms with Crippen molar-refractivity contribution in [3.8, 4) is 11.4 Å². The Kier molecular flexibility index (Phi) is 4.40. The molecule has 2 rings (SSSR count). The number of pyridine rings is 1. The van der Waals surface area contributed by atoms with E-state index < -0.39 is 0 Å². The molecule has 2 heterocycles. The Bertz CT molecular complexity index is 606. The summed E-state index contributed by atoms with van der Waals surface area (Å²) >= 11 is 8.42. The van der Waals surface area contributed by atoms with Crippen molar-refractivity contribution in [1.82, 2.24) is 15.0 Å². The van der Waals surface area contributed by atoms with E-state index in [9.17, 15) is 0 Å². The van der Waals surface area contributed by atoms with Crippen LogP contribution in [-0.2, 0) is 0 Å². The van der Waals surface area contributed by atoms with Gasteiger partial charge in [-0.1, -0.05) is 25.4 Å². The van der Waals surface area contributed by atoms with Crippen molar-refractivity contribution in [3.05, 3.63) is 37.9 Å². The van der Waals surface area contributed by atoms with Crippen LogP contribution in [0.15, 0.2) is 12.1 Å². The fraction of sp³-hybridized carbons (Fsp3) is 0.357. The Labute approximate surface area is 132 Å². The first-order valence-corrected chi connectivity index (χ1v) is 7.52. The topological polar surface area (TPSA) is 38.7 Å². The summed E-state index contributed by atoms with van der Waals surface area (Å²) in [4.78, 5) is 13.4. The largest absolute Gasteiger partial charge is 0.258 e. The van der Waals surface area contributed by atoms with E-state index in [0.717, 1.165) is 26.2 Å². The second kappa shape index (κ2) is 5.71. The zero-order valence-electron chi connectivity index (χ0n) is 11.3. The molecule has 0 spiro atoms. The zero-order valence-corrected chi connectivity index (χ0v) is 14.2. The molecule has 0 atom stereocenters. The van der Waals surface area contributed by atoms with E-state index in [4.69, 9.17) is 11.6 Å². The van der Waals surface area contributed by atoms with E-state index in [-0.39, 0.29) is 0 Å². The maximum absolute atomic E-state index is 6.22. The minimum absolute atomic E-state index is 0.315. The van der Waals surface area contributed by atoms with E-state index in [1.165, 1.54) is 0 Å². The van der Waals surface area contributed by atoms with Crippen LogP contribution < -0.4 is 0 Å². The maximum Gasteiger partial charge on any atom is 0.161 e. The van der Waals surface area contributed by atoms with Crippen LogP contribution in [0.2, 0.25) is 5.15 Å². The quantitative estimate of drug-likeness (QED) is 0.561. The molecule has 0 fully saturated rings. The van der Waals surface area contributed by atoms with E-state index in [0.29, 0.717) is 16.9 Å². The summed E-state index contributed by atoms with van der Waals surface area (Å²) in [5, 5.41) is 0.515. The third kappa shape index (κ3) is 3.23. The third-order valence-electron chi connectivity index (χ3n) is 2.72. The fourth-order valence-electron chi connectivity index (χ4n) is 1.91. The average Bonchev–Trinajstić information content (AvgIpc) is 2.30. The van der Waals surface area contributed by atoms with Gasteiger partial charge in [-0.25, -0.2) is 9.97 Å². The third-order valence-corrected chi connectivity index (χ3v) is 4.38. The van der Waals surface area contributed by atoms with Gasteiger partial charge >= 0.3 is 0 Å². The van der Waals surface area contributed by atoms with Crippen molar-refractivity contribution in [2.24, 2.45) is 0 Å². The van der Waals surface area contributed by atoms with Crippen molar-refractivity contribution < 1.29 is 0 Å². The van der Waals surface area contributed by atoms with Gasteiger partial charge < -0.3 is 0 Å². The van der Waals surface area contributed by atoms with Gasteiger partial charge in [0.1, 0.15) is 5.15 Å². The van der Waals surface area contributed by atoms with Crippen molar-refractivity contribution in [3.63, 3.8) is 0 Å². The number of aryl methyl sites for hydroxylation is 2. The van der Waals surface area contributed by atoms with Gasteiger partial charge in [-0.3, -0.25) is 4.98 Å². The Morgan fingerprint density at radius 1 is 1.05 bits per heavy atom. The van der Waals surface area contributed by atoms with Gasteiger partial charge in [-0.05, 0) is 54.5 Å². The maximum atomic E-state index is 6.22. The second-order valence-electron chi connectivity index (χ2n) is 4.83. The number of hydrogen-bond donors (Lipinski definition) is 0. The molecule has 0 radical (unpaired) electrons. The summed E-state index contributed by atoms with van der Waals surface area (Å²) < 4.78 is 0.931. The minimum atomic E-state index is 0.315. The van der Waals surface area contributed by atoms with Crippen LogP contribution in [0.25, 0.3) is 11.4 Å². The van der Waals surface area contributed by atoms with Crippen LogP contribution in [0.4, 0.5) is 0 Å². The van der Waals surface area contributed by atoms with Crippen molar-refractivity contribution in [1.29, 1.82) is 0 Å². The van der Waals surface area contributed by atoms with Gasteiger partial charge in [-0.2, -0.15) is 0 Å². The lowest BCUT2D eigenvalue weighted by Crippen LogP contribution is -2.03. The first-order chi connectivity index (χ1) is 8.88. The Morgan fingerprint density at radius 2 is 1.63 bits per heavy atom. The Morgan fingerprint density at radius 3 is 2.16 bits per heavy atom. The summed E-state index contributed by atoms with van der Waals surface area (Å²) in [7, 11) is 0. The lowest BCUT2D eigenvalue weighted by Gasteiger charge is -2.11. The highest BCUT2D eigenvalue weighted by Gasteiger charge is 2.15. The molecule has 0 saturated carbocycles. The number of aromatic nitrogens is 3. The molecule has 0 saturated heterocycles. The molecule has 0 amide bonds. The molecule has 0 aromatic carbocycles. The van der Waals surface area contributed by atoms with Crippen molar-refractivity contribution in [2.45, 2.75) is 33.6 Å². The molecule has 0 aliphatic rings. The molecule has 0 unspecified atom stereocenters. The predicted octanol–water partition coefficient (Wildman–Crippen LogP) is 4.54. The highest BCUT2D eigenvalue weighted by Crippen LogP contribution is 2.28. The normalized spacial score (nSPS) is 11.1. The number of halogens is 2. The first-order valence-electron chi connectivity index (χ1n) is 6.07. The molecule has 0 aliphatic carbocycles. The Hall–Kier alpha value is -0.750. The van der Waals surface area contributed by atoms with Gasteiger partial charge in [0.05, 0.1) is 9.26 Å². The second-order valence-corrected chi connectivity index (χ2v) is 6.27. The van der Waals surface area contributed by atoms with Gasteiger partial charge in [0.2, 0.25) is 0 Å². The molecule has 5 heteroatoms. The standard InChI is InChI=1S/C14H15ClIN3/c1-7(2)12-11(16)13(15)19-14(18-12)10-5-8(3)17-9(4)6-10/h5-7H,1-4H3. The lowest BCUT2D eigenvalue weighted by molar-refractivity contribution is 0.808. The molecule has 100 valence electrons. The molecule has 2 aromatic rings. The predicted molar refractivity (Wildman–Crippen MR) is 86.6 cm³/mol. The fourth-order valence-corrected chi connectivity index (χ4v) is 2.95. The number of rotatable bonds is 2. The summed E-state index contributed by atoms with van der Waals surface area (Å²) in [6.07, 6.45) is 0. The van der Waals surface area contributed by atoms with E-state index in [1.807, 2.05) is 26.0 Å². The van der Waals surface area contributed by atoms with Gasteiger partial charge in [0.25, 0.3) is 0 Å². The molecule has 2 aromatic heterocycles. The summed E-state index contributed by atoms with van der Waals surface area (Å²) in [6, 6.07) is 3.96. The van der Waals surface area contributed by atoms with Crippen LogP contribution in [-0.4, -0.2) is 15.0 Å². The van der Waals surface area contributed by atoms with Crippen LogP contribution in [0.3, 0.4) is 0 Å². The molecule has 0 aliphatic heterocycles. The average molecular weight is 388 g/mol. The summed E-state index contributed by atoms with van der Waals surface area (Å²) in [6.45, 7) is 8.14. The number of nitrogens with zero attached hydrogens (tertiary/aromatic N) is 3. The van der Waals surface area contributed by atoms with E-state index in [1.54, 1.807) is 0 Å². The molecule has 0 bridgehead atoms. The highest BCUT2D eigenvalue weighted by atomic mass is 127. The minimum Gasteiger partial charge on any atom is -0.258 e. The van der Waals surface area contributed by atoms with Gasteiger partial charge in [0, 0.05) is 17.0 Å². The molecular formula is C14H15ClIN3. The van der Waals surface area contributed by atoms with Gasteiger partial charge in [-0.15, -0.1) is 0 Å². The molecule has 3 nitrogen and oxygen atoms in total. The van der Waals surface area contributed by atoms with Crippen LogP contribution in [0.1, 0.15) is 36.8 Å². The highest BCUT2D eigenvalue weighted by molar-refractivity contribution is 14.1. The van der Waals surface area contributed by atoms with E-state index >= 15 is 0 Å². The molecule has 0 N–H and O–H groups in total. The van der Waals surface area contributed by atoms with E-state index in [2.05, 4.69) is 51.4 Å². The van der Waals surface area contributed by atoms with Crippen molar-refractivity contribution in [2.75, 3.05) is 0 Å². The van der Waals surface area contributed by atoms with Crippen molar-refractivity contribution >= 4 is 34.2 Å². The van der Waals surface area contributed by atoms with Crippen LogP contribution >= 0.6 is 34.2 Å². The Balaban J connectivity index is 2.62. The first kappa shape index (κ1) is 14.7. The van der Waals surface area contributed by atoms with Crippen LogP contribution in [0.5, 0.6) is 0 Å². The smallest absolute Gasteiger partial charge is 0.161 e. The SMILES string of the molecule is Cc1cc(-c2nc(Cl)c(I)c(C(C)C)n2)cc(C)n1. The summed E-state index contributed by atoms with van der Waals surface area (Å²) in [5.74, 6) is 0.984. The van der Waals surface area contributed by atoms with Crippen LogP contribution in [0, 0.1) is 17.4 Å². The molecular weight excluding hydrogens is 373 g/mol.